The SMILES string of the molecule is CCCCCCc1ccc([P+](C)([S-])c2nc3ccc(Cl)cc3s2)s1. The quantitative estimate of drug-likeness (QED) is 0.260. The van der Waals surface area contributed by atoms with Crippen LogP contribution in [0.2, 0.25) is 5.02 Å². The molecular weight excluding hydrogens is 393 g/mol. The molecule has 0 amide bonds. The van der Waals surface area contributed by atoms with Crippen LogP contribution in [0.5, 0.6) is 0 Å². The van der Waals surface area contributed by atoms with E-state index in [9.17, 15) is 0 Å². The van der Waals surface area contributed by atoms with Gasteiger partial charge in [-0.2, -0.15) is 0 Å². The minimum Gasteiger partial charge on any atom is -0.543 e. The normalized spacial score (nSPS) is 14.2. The topological polar surface area (TPSA) is 12.9 Å². The van der Waals surface area contributed by atoms with Gasteiger partial charge in [0.05, 0.1) is 10.2 Å². The van der Waals surface area contributed by atoms with Crippen molar-refractivity contribution in [3.63, 3.8) is 0 Å². The summed E-state index contributed by atoms with van der Waals surface area (Å²) < 4.78 is 3.55. The van der Waals surface area contributed by atoms with E-state index in [-0.39, 0.29) is 0 Å². The van der Waals surface area contributed by atoms with Crippen molar-refractivity contribution in [2.45, 2.75) is 39.0 Å². The van der Waals surface area contributed by atoms with Crippen molar-refractivity contribution in [3.05, 3.63) is 40.2 Å². The summed E-state index contributed by atoms with van der Waals surface area (Å²) in [4.78, 5) is 6.27. The third kappa shape index (κ3) is 4.16. The first kappa shape index (κ1) is 18.7. The van der Waals surface area contributed by atoms with Crippen LogP contribution in [0.4, 0.5) is 0 Å². The second-order valence-corrected chi connectivity index (χ2v) is 14.3. The van der Waals surface area contributed by atoms with Gasteiger partial charge in [-0.1, -0.05) is 49.1 Å². The maximum atomic E-state index is 6.10. The summed E-state index contributed by atoms with van der Waals surface area (Å²) >= 11 is 15.7. The number of thiophene rings is 1. The smallest absolute Gasteiger partial charge is 0.222 e. The molecule has 2 aromatic heterocycles. The lowest BCUT2D eigenvalue weighted by Crippen LogP contribution is -2.16. The number of halogens is 1. The molecule has 6 heteroatoms. The molecule has 3 rings (SSSR count). The van der Waals surface area contributed by atoms with Crippen LogP contribution in [-0.2, 0) is 18.7 Å². The van der Waals surface area contributed by atoms with Gasteiger partial charge in [0, 0.05) is 16.6 Å². The summed E-state index contributed by atoms with van der Waals surface area (Å²) in [6.45, 7) is 2.66. The van der Waals surface area contributed by atoms with Crippen molar-refractivity contribution in [1.29, 1.82) is 0 Å². The average molecular weight is 414 g/mol. The monoisotopic (exact) mass is 413 g/mol. The van der Waals surface area contributed by atoms with Gasteiger partial charge in [-0.15, -0.1) is 11.3 Å². The van der Waals surface area contributed by atoms with Gasteiger partial charge in [-0.3, -0.25) is 0 Å². The van der Waals surface area contributed by atoms with E-state index in [0.717, 1.165) is 20.0 Å². The number of nitrogens with zero attached hydrogens (tertiary/aromatic N) is 1. The van der Waals surface area contributed by atoms with Crippen LogP contribution in [-0.4, -0.2) is 11.6 Å². The number of benzene rings is 1. The van der Waals surface area contributed by atoms with Gasteiger partial charge in [0.2, 0.25) is 4.75 Å². The molecule has 1 nitrogen and oxygen atoms in total. The molecule has 1 aromatic carbocycles. The zero-order chi connectivity index (χ0) is 17.2. The first-order chi connectivity index (χ1) is 11.5. The van der Waals surface area contributed by atoms with Crippen molar-refractivity contribution < 1.29 is 0 Å². The minimum absolute atomic E-state index is 0.757. The summed E-state index contributed by atoms with van der Waals surface area (Å²) in [5.74, 6) is 0. The van der Waals surface area contributed by atoms with Gasteiger partial charge in [0.1, 0.15) is 4.62 Å². The van der Waals surface area contributed by atoms with Crippen LogP contribution in [0.25, 0.3) is 10.2 Å². The molecular formula is C18H21ClNPS3. The van der Waals surface area contributed by atoms with E-state index < -0.39 is 6.46 Å². The van der Waals surface area contributed by atoms with E-state index >= 15 is 0 Å². The Morgan fingerprint density at radius 1 is 1.12 bits per heavy atom. The highest BCUT2D eigenvalue weighted by atomic mass is 35.5. The molecule has 0 saturated heterocycles. The molecule has 1 atom stereocenters. The van der Waals surface area contributed by atoms with Crippen molar-refractivity contribution in [2.24, 2.45) is 0 Å². The van der Waals surface area contributed by atoms with E-state index in [2.05, 4.69) is 25.7 Å². The Labute approximate surface area is 163 Å². The molecule has 2 heterocycles. The molecule has 0 spiro atoms. The summed E-state index contributed by atoms with van der Waals surface area (Å²) in [7, 11) is 0. The Kier molecular flexibility index (Phi) is 6.26. The fraction of sp³-hybridized carbons (Fsp3) is 0.389. The molecule has 0 saturated carbocycles. The summed E-state index contributed by atoms with van der Waals surface area (Å²) in [5, 5.41) is 0.757. The molecule has 0 bridgehead atoms. The first-order valence-electron chi connectivity index (χ1n) is 8.24. The van der Waals surface area contributed by atoms with Gasteiger partial charge in [0.25, 0.3) is 0 Å². The summed E-state index contributed by atoms with van der Waals surface area (Å²) in [5.41, 5.74) is 1.01. The van der Waals surface area contributed by atoms with Crippen molar-refractivity contribution in [3.8, 4) is 0 Å². The highest BCUT2D eigenvalue weighted by Crippen LogP contribution is 2.53. The largest absolute Gasteiger partial charge is 0.543 e. The van der Waals surface area contributed by atoms with Gasteiger partial charge in [-0.25, -0.2) is 4.98 Å². The zero-order valence-corrected chi connectivity index (χ0v) is 18.0. The van der Waals surface area contributed by atoms with Gasteiger partial charge >= 0.3 is 0 Å². The fourth-order valence-electron chi connectivity index (χ4n) is 2.62. The van der Waals surface area contributed by atoms with Crippen LogP contribution >= 0.6 is 40.7 Å². The number of fused-ring (bicyclic) bond motifs is 1. The number of aryl methyl sites for hydroxylation is 1. The van der Waals surface area contributed by atoms with E-state index in [4.69, 9.17) is 28.8 Å². The predicted octanol–water partition coefficient (Wildman–Crippen LogP) is 6.19. The minimum atomic E-state index is -1.79. The van der Waals surface area contributed by atoms with Gasteiger partial charge in [-0.05, 0) is 49.6 Å². The van der Waals surface area contributed by atoms with Gasteiger partial charge < -0.3 is 12.2 Å². The molecule has 1 unspecified atom stereocenters. The lowest BCUT2D eigenvalue weighted by molar-refractivity contribution is 0.670. The second kappa shape index (κ2) is 8.05. The molecule has 0 radical (unpaired) electrons. The third-order valence-electron chi connectivity index (χ3n) is 4.05. The van der Waals surface area contributed by atoms with Crippen molar-refractivity contribution in [2.75, 3.05) is 6.66 Å². The fourth-order valence-corrected chi connectivity index (χ4v) is 8.98. The van der Waals surface area contributed by atoms with E-state index in [0.29, 0.717) is 0 Å². The first-order valence-corrected chi connectivity index (χ1v) is 13.5. The van der Waals surface area contributed by atoms with Crippen LogP contribution in [0.1, 0.15) is 37.5 Å². The van der Waals surface area contributed by atoms with Crippen LogP contribution in [0.15, 0.2) is 30.3 Å². The van der Waals surface area contributed by atoms with E-state index in [1.165, 1.54) is 41.6 Å². The Hall–Kier alpha value is -0.120. The van der Waals surface area contributed by atoms with Crippen LogP contribution < -0.4 is 9.37 Å². The number of hydrogen-bond acceptors (Lipinski definition) is 4. The summed E-state index contributed by atoms with van der Waals surface area (Å²) in [6, 6.07) is 10.4. The third-order valence-corrected chi connectivity index (χ3v) is 12.4. The Morgan fingerprint density at radius 3 is 2.75 bits per heavy atom. The van der Waals surface area contributed by atoms with Crippen molar-refractivity contribution >= 4 is 72.6 Å². The standard InChI is InChI=1S/C18H21ClNPS3/c1-3-4-5-6-7-14-9-11-17(23-14)21(2,22)18-20-15-10-8-13(19)12-16(15)24-18/h8-12H,3-7H2,1-2H3. The maximum Gasteiger partial charge on any atom is 0.222 e. The lowest BCUT2D eigenvalue weighted by atomic mass is 10.1. The molecule has 0 fully saturated rings. The molecule has 128 valence electrons. The molecule has 0 aliphatic rings. The summed E-state index contributed by atoms with van der Waals surface area (Å²) in [6.07, 6.45) is 6.39. The highest BCUT2D eigenvalue weighted by Gasteiger charge is 2.29. The Balaban J connectivity index is 1.79. The van der Waals surface area contributed by atoms with Crippen LogP contribution in [0.3, 0.4) is 0 Å². The number of unbranched alkanes of at least 4 members (excludes halogenated alkanes) is 3. The van der Waals surface area contributed by atoms with Crippen molar-refractivity contribution in [1.82, 2.24) is 4.98 Å². The molecule has 3 aromatic rings. The maximum absolute atomic E-state index is 6.10. The average Bonchev–Trinajstić information content (AvgIpc) is 3.18. The number of hydrogen-bond donors (Lipinski definition) is 0. The number of aromatic nitrogens is 1. The van der Waals surface area contributed by atoms with E-state index in [1.807, 2.05) is 29.5 Å². The highest BCUT2D eigenvalue weighted by molar-refractivity contribution is 8.49. The molecule has 24 heavy (non-hydrogen) atoms. The van der Waals surface area contributed by atoms with E-state index in [1.54, 1.807) is 11.3 Å². The lowest BCUT2D eigenvalue weighted by Gasteiger charge is -2.22. The van der Waals surface area contributed by atoms with Gasteiger partial charge in [0.15, 0.2) is 0 Å². The zero-order valence-electron chi connectivity index (χ0n) is 13.9. The van der Waals surface area contributed by atoms with Crippen LogP contribution in [0, 0.1) is 0 Å². The Morgan fingerprint density at radius 2 is 1.96 bits per heavy atom. The number of rotatable bonds is 7. The molecule has 0 aliphatic heterocycles. The molecule has 0 N–H and O–H groups in total. The second-order valence-electron chi connectivity index (χ2n) is 6.08. The number of thiazole rings is 1. The molecule has 0 aliphatic carbocycles. The Bertz CT molecular complexity index is 825. The predicted molar refractivity (Wildman–Crippen MR) is 116 cm³/mol.